The van der Waals surface area contributed by atoms with Crippen molar-refractivity contribution in [2.75, 3.05) is 12.3 Å². The summed E-state index contributed by atoms with van der Waals surface area (Å²) in [6, 6.07) is 8.05. The third-order valence-electron chi connectivity index (χ3n) is 5.00. The lowest BCUT2D eigenvalue weighted by Gasteiger charge is -2.19. The summed E-state index contributed by atoms with van der Waals surface area (Å²) >= 11 is 0. The first-order valence-corrected chi connectivity index (χ1v) is 9.78. The zero-order valence-electron chi connectivity index (χ0n) is 17.0. The van der Waals surface area contributed by atoms with Crippen molar-refractivity contribution in [3.8, 4) is 5.75 Å². The van der Waals surface area contributed by atoms with Crippen molar-refractivity contribution < 1.29 is 9.53 Å². The number of carbonyl (C=O) groups is 1. The average molecular weight is 400 g/mol. The Morgan fingerprint density at radius 2 is 1.86 bits per heavy atom. The Hall–Kier alpha value is -3.03. The molecule has 29 heavy (non-hydrogen) atoms. The zero-order valence-corrected chi connectivity index (χ0v) is 17.0. The zero-order chi connectivity index (χ0) is 21.2. The fourth-order valence-electron chi connectivity index (χ4n) is 3.48. The average Bonchev–Trinajstić information content (AvgIpc) is 3.11. The van der Waals surface area contributed by atoms with Gasteiger partial charge in [0.2, 0.25) is 0 Å². The van der Waals surface area contributed by atoms with Crippen LogP contribution < -0.4 is 27.0 Å². The SMILES string of the molecule is CC(C)(C)COc1ccc(C2CCC(NC(=O)c3[nH]c(=O)[nH]c(=O)c3N)C2)cc1. The lowest BCUT2D eigenvalue weighted by molar-refractivity contribution is 0.0933. The van der Waals surface area contributed by atoms with Crippen molar-refractivity contribution in [1.82, 2.24) is 15.3 Å². The van der Waals surface area contributed by atoms with Crippen molar-refractivity contribution in [2.45, 2.75) is 52.0 Å². The fourth-order valence-corrected chi connectivity index (χ4v) is 3.48. The number of ether oxygens (including phenoxy) is 1. The summed E-state index contributed by atoms with van der Waals surface area (Å²) in [6.45, 7) is 7.03. The summed E-state index contributed by atoms with van der Waals surface area (Å²) in [5.41, 5.74) is 4.93. The number of hydrogen-bond acceptors (Lipinski definition) is 5. The van der Waals surface area contributed by atoms with Crippen molar-refractivity contribution in [3.05, 3.63) is 56.4 Å². The molecule has 156 valence electrons. The summed E-state index contributed by atoms with van der Waals surface area (Å²) in [6.07, 6.45) is 2.53. The fraction of sp³-hybridized carbons (Fsp3) is 0.476. The van der Waals surface area contributed by atoms with E-state index >= 15 is 0 Å². The van der Waals surface area contributed by atoms with Crippen LogP contribution in [0.15, 0.2) is 33.9 Å². The highest BCUT2D eigenvalue weighted by molar-refractivity contribution is 5.96. The minimum absolute atomic E-state index is 0.0495. The molecule has 1 heterocycles. The van der Waals surface area contributed by atoms with E-state index in [-0.39, 0.29) is 22.8 Å². The Bertz CT molecular complexity index is 985. The van der Waals surface area contributed by atoms with E-state index in [1.165, 1.54) is 5.56 Å². The molecule has 0 saturated heterocycles. The van der Waals surface area contributed by atoms with Crippen molar-refractivity contribution in [3.63, 3.8) is 0 Å². The summed E-state index contributed by atoms with van der Waals surface area (Å²) < 4.78 is 5.82. The number of nitrogens with two attached hydrogens (primary N) is 1. The Labute approximate surface area is 168 Å². The van der Waals surface area contributed by atoms with Crippen molar-refractivity contribution in [2.24, 2.45) is 5.41 Å². The van der Waals surface area contributed by atoms with Gasteiger partial charge in [0.1, 0.15) is 17.1 Å². The summed E-state index contributed by atoms with van der Waals surface area (Å²) in [4.78, 5) is 39.7. The lowest BCUT2D eigenvalue weighted by Crippen LogP contribution is -2.37. The molecule has 0 spiro atoms. The number of anilines is 1. The first-order valence-electron chi connectivity index (χ1n) is 9.78. The molecule has 2 aromatic rings. The van der Waals surface area contributed by atoms with Gasteiger partial charge in [0.25, 0.3) is 11.5 Å². The highest BCUT2D eigenvalue weighted by Gasteiger charge is 2.28. The number of rotatable bonds is 5. The predicted molar refractivity (Wildman–Crippen MR) is 111 cm³/mol. The van der Waals surface area contributed by atoms with Crippen LogP contribution in [0.5, 0.6) is 5.75 Å². The van der Waals surface area contributed by atoms with Crippen LogP contribution in [0.2, 0.25) is 0 Å². The number of aromatic nitrogens is 2. The molecule has 8 heteroatoms. The molecule has 1 saturated carbocycles. The second-order valence-electron chi connectivity index (χ2n) is 8.80. The van der Waals surface area contributed by atoms with E-state index in [0.717, 1.165) is 25.0 Å². The molecule has 3 rings (SSSR count). The first-order chi connectivity index (χ1) is 13.6. The summed E-state index contributed by atoms with van der Waals surface area (Å²) in [5.74, 6) is 0.634. The lowest BCUT2D eigenvalue weighted by atomic mass is 9.97. The van der Waals surface area contributed by atoms with E-state index in [1.807, 2.05) is 17.1 Å². The van der Waals surface area contributed by atoms with Gasteiger partial charge in [-0.1, -0.05) is 32.9 Å². The van der Waals surface area contributed by atoms with Crippen LogP contribution in [-0.4, -0.2) is 28.5 Å². The van der Waals surface area contributed by atoms with Crippen LogP contribution in [0.25, 0.3) is 0 Å². The van der Waals surface area contributed by atoms with E-state index in [2.05, 4.69) is 43.2 Å². The number of amides is 1. The number of hydrogen-bond donors (Lipinski definition) is 4. The molecular formula is C21H28N4O4. The second kappa shape index (κ2) is 8.14. The van der Waals surface area contributed by atoms with Crippen LogP contribution in [0.3, 0.4) is 0 Å². The largest absolute Gasteiger partial charge is 0.493 e. The van der Waals surface area contributed by atoms with Crippen molar-refractivity contribution in [1.29, 1.82) is 0 Å². The van der Waals surface area contributed by atoms with E-state index in [1.54, 1.807) is 0 Å². The molecule has 1 amide bonds. The van der Waals surface area contributed by atoms with Gasteiger partial charge < -0.3 is 20.8 Å². The molecule has 1 aliphatic rings. The Balaban J connectivity index is 1.60. The van der Waals surface area contributed by atoms with Gasteiger partial charge in [-0.05, 0) is 48.3 Å². The molecule has 0 aliphatic heterocycles. The highest BCUT2D eigenvalue weighted by Crippen LogP contribution is 2.35. The smallest absolute Gasteiger partial charge is 0.326 e. The quantitative estimate of drug-likeness (QED) is 0.611. The maximum absolute atomic E-state index is 12.4. The second-order valence-corrected chi connectivity index (χ2v) is 8.80. The molecule has 0 radical (unpaired) electrons. The van der Waals surface area contributed by atoms with E-state index < -0.39 is 17.2 Å². The maximum atomic E-state index is 12.4. The molecule has 2 atom stereocenters. The number of nitrogen functional groups attached to an aromatic ring is 1. The Kier molecular flexibility index (Phi) is 5.81. The van der Waals surface area contributed by atoms with Gasteiger partial charge in [-0.25, -0.2) is 4.79 Å². The third-order valence-corrected chi connectivity index (χ3v) is 5.00. The van der Waals surface area contributed by atoms with E-state index in [9.17, 15) is 14.4 Å². The molecule has 1 aromatic carbocycles. The highest BCUT2D eigenvalue weighted by atomic mass is 16.5. The molecule has 1 aliphatic carbocycles. The molecule has 1 aromatic heterocycles. The Morgan fingerprint density at radius 1 is 1.17 bits per heavy atom. The molecule has 5 N–H and O–H groups in total. The van der Waals surface area contributed by atoms with Crippen LogP contribution in [0, 0.1) is 5.41 Å². The minimum Gasteiger partial charge on any atom is -0.493 e. The van der Waals surface area contributed by atoms with Gasteiger partial charge in [0, 0.05) is 6.04 Å². The molecule has 2 unspecified atom stereocenters. The van der Waals surface area contributed by atoms with Crippen LogP contribution >= 0.6 is 0 Å². The van der Waals surface area contributed by atoms with Gasteiger partial charge in [-0.2, -0.15) is 0 Å². The summed E-state index contributed by atoms with van der Waals surface area (Å²) in [7, 11) is 0. The van der Waals surface area contributed by atoms with Gasteiger partial charge in [-0.3, -0.25) is 14.6 Å². The maximum Gasteiger partial charge on any atom is 0.326 e. The molecular weight excluding hydrogens is 372 g/mol. The number of aromatic amines is 2. The van der Waals surface area contributed by atoms with Crippen LogP contribution in [0.1, 0.15) is 62.0 Å². The standard InChI is InChI=1S/C21H28N4O4/c1-21(2,3)11-29-15-8-5-12(6-9-15)13-4-7-14(10-13)23-19(27)17-16(22)18(26)25-20(28)24-17/h5-6,8-9,13-14H,4,7,10-11,22H2,1-3H3,(H,23,27)(H2,24,25,26,28). The topological polar surface area (TPSA) is 130 Å². The van der Waals surface area contributed by atoms with Crippen LogP contribution in [0.4, 0.5) is 5.69 Å². The van der Waals surface area contributed by atoms with Crippen LogP contribution in [-0.2, 0) is 0 Å². The minimum atomic E-state index is -0.767. The molecule has 1 fully saturated rings. The predicted octanol–water partition coefficient (Wildman–Crippen LogP) is 2.14. The Morgan fingerprint density at radius 3 is 2.52 bits per heavy atom. The normalized spacial score (nSPS) is 19.1. The third kappa shape index (κ3) is 5.28. The van der Waals surface area contributed by atoms with E-state index in [0.29, 0.717) is 12.5 Å². The molecule has 0 bridgehead atoms. The number of H-pyrrole nitrogens is 2. The first kappa shape index (κ1) is 20.7. The van der Waals surface area contributed by atoms with E-state index in [4.69, 9.17) is 10.5 Å². The van der Waals surface area contributed by atoms with Gasteiger partial charge in [0.15, 0.2) is 0 Å². The van der Waals surface area contributed by atoms with Crippen molar-refractivity contribution >= 4 is 11.6 Å². The number of benzene rings is 1. The summed E-state index contributed by atoms with van der Waals surface area (Å²) in [5, 5.41) is 2.87. The molecule has 8 nitrogen and oxygen atoms in total. The van der Waals surface area contributed by atoms with Gasteiger partial charge >= 0.3 is 5.69 Å². The number of carbonyl (C=O) groups excluding carboxylic acids is 1. The number of nitrogens with one attached hydrogen (secondary N) is 3. The van der Waals surface area contributed by atoms with Gasteiger partial charge in [0.05, 0.1) is 6.61 Å². The van der Waals surface area contributed by atoms with Gasteiger partial charge in [-0.15, -0.1) is 0 Å². The monoisotopic (exact) mass is 400 g/mol.